The van der Waals surface area contributed by atoms with E-state index in [0.29, 0.717) is 4.52 Å². The molecule has 7 nitrogen and oxygen atoms in total. The molecule has 0 fully saturated rings. The summed E-state index contributed by atoms with van der Waals surface area (Å²) in [6.45, 7) is 0. The summed E-state index contributed by atoms with van der Waals surface area (Å²) in [5, 5.41) is 10.2. The molecule has 0 spiro atoms. The lowest BCUT2D eigenvalue weighted by Crippen LogP contribution is -2.17. The Balaban J connectivity index is 2.59. The molecule has 2 aromatic heterocycles. The molecule has 0 unspecified atom stereocenters. The maximum atomic E-state index is 12.3. The van der Waals surface area contributed by atoms with Gasteiger partial charge in [0.1, 0.15) is 0 Å². The maximum Gasteiger partial charge on any atom is 0.451 e. The number of hydrogen-bond acceptors (Lipinski definition) is 4. The first-order valence-electron chi connectivity index (χ1n) is 4.55. The molecule has 0 saturated heterocycles. The van der Waals surface area contributed by atoms with Crippen molar-refractivity contribution in [3.8, 4) is 0 Å². The minimum atomic E-state index is -4.74. The number of aliphatic carboxylic acids is 1. The summed E-state index contributed by atoms with van der Waals surface area (Å²) in [4.78, 5) is 28.5. The predicted octanol–water partition coefficient (Wildman–Crippen LogP) is 0.0635. The minimum absolute atomic E-state index is 0.160. The lowest BCUT2D eigenvalue weighted by Gasteiger charge is -1.98. The molecule has 2 rings (SSSR count). The SMILES string of the molecule is O=C(O)Cc1cc(=O)n2[nH]c(C(F)(F)F)nc2n1. The summed E-state index contributed by atoms with van der Waals surface area (Å²) in [7, 11) is 0. The van der Waals surface area contributed by atoms with E-state index in [1.165, 1.54) is 0 Å². The lowest BCUT2D eigenvalue weighted by molar-refractivity contribution is -0.144. The van der Waals surface area contributed by atoms with Crippen molar-refractivity contribution < 1.29 is 23.1 Å². The Labute approximate surface area is 95.9 Å². The zero-order chi connectivity index (χ0) is 13.5. The molecule has 0 atom stereocenters. The Morgan fingerprint density at radius 1 is 1.44 bits per heavy atom. The van der Waals surface area contributed by atoms with E-state index in [9.17, 15) is 22.8 Å². The van der Waals surface area contributed by atoms with Gasteiger partial charge < -0.3 is 5.11 Å². The van der Waals surface area contributed by atoms with Gasteiger partial charge in [-0.25, -0.2) is 4.98 Å². The van der Waals surface area contributed by atoms with Gasteiger partial charge in [0.25, 0.3) is 11.3 Å². The minimum Gasteiger partial charge on any atom is -0.481 e. The van der Waals surface area contributed by atoms with Gasteiger partial charge in [0.15, 0.2) is 0 Å². The number of nitrogens with zero attached hydrogens (tertiary/aromatic N) is 3. The van der Waals surface area contributed by atoms with Crippen molar-refractivity contribution in [3.63, 3.8) is 0 Å². The number of fused-ring (bicyclic) bond motifs is 1. The summed E-state index contributed by atoms with van der Waals surface area (Å²) in [6.07, 6.45) is -5.31. The van der Waals surface area contributed by atoms with Crippen LogP contribution in [0, 0.1) is 0 Å². The molecule has 2 aromatic rings. The van der Waals surface area contributed by atoms with Gasteiger partial charge in [-0.05, 0) is 0 Å². The van der Waals surface area contributed by atoms with Crippen LogP contribution in [0.1, 0.15) is 11.5 Å². The van der Waals surface area contributed by atoms with Crippen LogP contribution < -0.4 is 5.56 Å². The normalized spacial score (nSPS) is 11.9. The van der Waals surface area contributed by atoms with Crippen LogP contribution in [0.3, 0.4) is 0 Å². The molecule has 0 aromatic carbocycles. The Morgan fingerprint density at radius 3 is 2.67 bits per heavy atom. The first-order chi connectivity index (χ1) is 8.27. The molecule has 0 amide bonds. The molecule has 2 N–H and O–H groups in total. The maximum absolute atomic E-state index is 12.3. The van der Waals surface area contributed by atoms with Crippen molar-refractivity contribution in [3.05, 3.63) is 27.9 Å². The fourth-order valence-electron chi connectivity index (χ4n) is 1.30. The Bertz CT molecular complexity index is 672. The molecule has 0 bridgehead atoms. The number of aromatic amines is 1. The molecule has 0 aliphatic heterocycles. The average molecular weight is 262 g/mol. The smallest absolute Gasteiger partial charge is 0.451 e. The van der Waals surface area contributed by atoms with E-state index in [2.05, 4.69) is 9.97 Å². The molecule has 0 aliphatic carbocycles. The number of halogens is 3. The van der Waals surface area contributed by atoms with Crippen LogP contribution in [0.25, 0.3) is 5.78 Å². The van der Waals surface area contributed by atoms with Crippen LogP contribution in [0.5, 0.6) is 0 Å². The second-order valence-electron chi connectivity index (χ2n) is 3.36. The topological polar surface area (TPSA) is 100 Å². The summed E-state index contributed by atoms with van der Waals surface area (Å²) in [5.41, 5.74) is -1.02. The fraction of sp³-hybridized carbons (Fsp3) is 0.250. The summed E-state index contributed by atoms with van der Waals surface area (Å²) < 4.78 is 37.5. The molecular weight excluding hydrogens is 257 g/mol. The van der Waals surface area contributed by atoms with Gasteiger partial charge in [-0.15, -0.1) is 0 Å². The standard InChI is InChI=1S/C8H5F3N4O3/c9-8(10,11)6-13-7-12-3(2-5(17)18)1-4(16)15(7)14-6/h1H,2H2,(H,17,18)(H,12,13,14). The second-order valence-corrected chi connectivity index (χ2v) is 3.36. The highest BCUT2D eigenvalue weighted by Crippen LogP contribution is 2.25. The number of rotatable bonds is 2. The van der Waals surface area contributed by atoms with E-state index < -0.39 is 35.7 Å². The predicted molar refractivity (Wildman–Crippen MR) is 49.9 cm³/mol. The quantitative estimate of drug-likeness (QED) is 0.797. The third kappa shape index (κ3) is 2.17. The van der Waals surface area contributed by atoms with E-state index in [0.717, 1.165) is 6.07 Å². The Morgan fingerprint density at radius 2 is 2.11 bits per heavy atom. The highest BCUT2D eigenvalue weighted by atomic mass is 19.4. The first-order valence-corrected chi connectivity index (χ1v) is 4.55. The number of alkyl halides is 3. The van der Waals surface area contributed by atoms with E-state index in [4.69, 9.17) is 5.11 Å². The van der Waals surface area contributed by atoms with Crippen LogP contribution in [0.2, 0.25) is 0 Å². The molecule has 0 aliphatic rings. The second kappa shape index (κ2) is 3.82. The Kier molecular flexibility index (Phi) is 2.56. The molecular formula is C8H5F3N4O3. The third-order valence-corrected chi connectivity index (χ3v) is 1.98. The summed E-state index contributed by atoms with van der Waals surface area (Å²) in [6, 6.07) is 0.833. The zero-order valence-corrected chi connectivity index (χ0v) is 8.52. The number of carbonyl (C=O) groups is 1. The number of carboxylic acid groups (broad SMARTS) is 1. The van der Waals surface area contributed by atoms with E-state index in [-0.39, 0.29) is 5.69 Å². The lowest BCUT2D eigenvalue weighted by atomic mass is 10.3. The van der Waals surface area contributed by atoms with Gasteiger partial charge in [0.2, 0.25) is 5.82 Å². The molecule has 18 heavy (non-hydrogen) atoms. The first kappa shape index (κ1) is 12.1. The van der Waals surface area contributed by atoms with Crippen molar-refractivity contribution in [2.45, 2.75) is 12.6 Å². The monoisotopic (exact) mass is 262 g/mol. The van der Waals surface area contributed by atoms with Crippen molar-refractivity contribution in [2.24, 2.45) is 0 Å². The van der Waals surface area contributed by atoms with Gasteiger partial charge in [0.05, 0.1) is 12.1 Å². The highest BCUT2D eigenvalue weighted by Gasteiger charge is 2.35. The summed E-state index contributed by atoms with van der Waals surface area (Å²) >= 11 is 0. The van der Waals surface area contributed by atoms with Crippen molar-refractivity contribution in [2.75, 3.05) is 0 Å². The number of aromatic nitrogens is 4. The van der Waals surface area contributed by atoms with Gasteiger partial charge >= 0.3 is 12.1 Å². The Hall–Kier alpha value is -2.39. The number of carboxylic acids is 1. The zero-order valence-electron chi connectivity index (χ0n) is 8.52. The average Bonchev–Trinajstić information content (AvgIpc) is 2.59. The van der Waals surface area contributed by atoms with E-state index >= 15 is 0 Å². The van der Waals surface area contributed by atoms with E-state index in [1.807, 2.05) is 0 Å². The van der Waals surface area contributed by atoms with Crippen LogP contribution in [-0.2, 0) is 17.4 Å². The van der Waals surface area contributed by atoms with Crippen LogP contribution in [0.4, 0.5) is 13.2 Å². The third-order valence-electron chi connectivity index (χ3n) is 1.98. The fourth-order valence-corrected chi connectivity index (χ4v) is 1.30. The van der Waals surface area contributed by atoms with Crippen LogP contribution >= 0.6 is 0 Å². The molecule has 0 saturated carbocycles. The van der Waals surface area contributed by atoms with Crippen molar-refractivity contribution in [1.82, 2.24) is 19.6 Å². The number of nitrogens with one attached hydrogen (secondary N) is 1. The molecule has 2 heterocycles. The molecule has 10 heteroatoms. The number of hydrogen-bond donors (Lipinski definition) is 2. The molecule has 0 radical (unpaired) electrons. The highest BCUT2D eigenvalue weighted by molar-refractivity contribution is 5.69. The number of H-pyrrole nitrogens is 1. The van der Waals surface area contributed by atoms with Gasteiger partial charge in [0, 0.05) is 6.07 Å². The van der Waals surface area contributed by atoms with Gasteiger partial charge in [-0.1, -0.05) is 0 Å². The van der Waals surface area contributed by atoms with Crippen LogP contribution in [-0.4, -0.2) is 30.7 Å². The van der Waals surface area contributed by atoms with Gasteiger partial charge in [-0.2, -0.15) is 22.7 Å². The van der Waals surface area contributed by atoms with Gasteiger partial charge in [-0.3, -0.25) is 14.7 Å². The largest absolute Gasteiger partial charge is 0.481 e. The van der Waals surface area contributed by atoms with Crippen LogP contribution in [0.15, 0.2) is 10.9 Å². The summed E-state index contributed by atoms with van der Waals surface area (Å²) in [5.74, 6) is -3.15. The molecule has 96 valence electrons. The van der Waals surface area contributed by atoms with Crippen molar-refractivity contribution >= 4 is 11.7 Å². The van der Waals surface area contributed by atoms with Crippen molar-refractivity contribution in [1.29, 1.82) is 0 Å². The van der Waals surface area contributed by atoms with E-state index in [1.54, 1.807) is 5.10 Å².